The summed E-state index contributed by atoms with van der Waals surface area (Å²) in [5.41, 5.74) is 0.441. The van der Waals surface area contributed by atoms with Crippen LogP contribution >= 0.6 is 0 Å². The molecule has 1 aromatic rings. The predicted octanol–water partition coefficient (Wildman–Crippen LogP) is 2.08. The third kappa shape index (κ3) is 3.92. The van der Waals surface area contributed by atoms with Crippen molar-refractivity contribution in [2.24, 2.45) is 0 Å². The Labute approximate surface area is 112 Å². The predicted molar refractivity (Wildman–Crippen MR) is 73.3 cm³/mol. The molecule has 0 amide bonds. The van der Waals surface area contributed by atoms with E-state index in [0.29, 0.717) is 37.4 Å². The van der Waals surface area contributed by atoms with Gasteiger partial charge in [0.1, 0.15) is 5.69 Å². The summed E-state index contributed by atoms with van der Waals surface area (Å²) in [5, 5.41) is 27.8. The summed E-state index contributed by atoms with van der Waals surface area (Å²) in [6.07, 6.45) is 1.71. The third-order valence-electron chi connectivity index (χ3n) is 2.96. The summed E-state index contributed by atoms with van der Waals surface area (Å²) in [4.78, 5) is 10.7. The van der Waals surface area contributed by atoms with Gasteiger partial charge in [0.25, 0.3) is 0 Å². The fraction of sp³-hybridized carbons (Fsp3) is 0.750. The second kappa shape index (κ2) is 7.08. The molecule has 1 atom stereocenters. The Balaban J connectivity index is 2.86. The molecule has 0 saturated heterocycles. The van der Waals surface area contributed by atoms with E-state index in [9.17, 15) is 15.2 Å². The molecule has 19 heavy (non-hydrogen) atoms. The molecule has 0 bridgehead atoms. The zero-order chi connectivity index (χ0) is 14.4. The number of rotatable bonds is 8. The Morgan fingerprint density at radius 2 is 2.21 bits per heavy atom. The zero-order valence-corrected chi connectivity index (χ0v) is 11.7. The van der Waals surface area contributed by atoms with Gasteiger partial charge in [0.15, 0.2) is 0 Å². The van der Waals surface area contributed by atoms with Crippen molar-refractivity contribution in [3.63, 3.8) is 0 Å². The highest BCUT2D eigenvalue weighted by Gasteiger charge is 2.24. The van der Waals surface area contributed by atoms with Gasteiger partial charge in [-0.15, -0.1) is 0 Å². The van der Waals surface area contributed by atoms with Crippen LogP contribution in [-0.2, 0) is 6.54 Å². The molecule has 1 rings (SSSR count). The largest absolute Gasteiger partial charge is 0.393 e. The van der Waals surface area contributed by atoms with Gasteiger partial charge in [0.2, 0.25) is 5.82 Å². The quantitative estimate of drug-likeness (QED) is 0.557. The van der Waals surface area contributed by atoms with Gasteiger partial charge >= 0.3 is 5.69 Å². The lowest BCUT2D eigenvalue weighted by Crippen LogP contribution is -2.15. The lowest BCUT2D eigenvalue weighted by molar-refractivity contribution is -0.384. The number of aromatic nitrogens is 2. The Kier molecular flexibility index (Phi) is 5.75. The number of aliphatic hydroxyl groups is 1. The van der Waals surface area contributed by atoms with Gasteiger partial charge in [-0.1, -0.05) is 13.8 Å². The Morgan fingerprint density at radius 1 is 1.53 bits per heavy atom. The van der Waals surface area contributed by atoms with Crippen molar-refractivity contribution in [3.05, 3.63) is 15.8 Å². The number of aryl methyl sites for hydroxylation is 2. The lowest BCUT2D eigenvalue weighted by atomic mass is 10.2. The van der Waals surface area contributed by atoms with E-state index in [1.54, 1.807) is 11.6 Å². The molecular formula is C12H22N4O3. The van der Waals surface area contributed by atoms with Crippen LogP contribution in [0, 0.1) is 17.0 Å². The monoisotopic (exact) mass is 270 g/mol. The average molecular weight is 270 g/mol. The second-order valence-electron chi connectivity index (χ2n) is 4.54. The molecule has 0 radical (unpaired) electrons. The molecule has 108 valence electrons. The van der Waals surface area contributed by atoms with E-state index in [-0.39, 0.29) is 11.8 Å². The average Bonchev–Trinajstić information content (AvgIpc) is 2.66. The SMILES string of the molecule is CCCn1nc(C)c([N+](=O)[O-])c1NCCC(O)CC. The minimum Gasteiger partial charge on any atom is -0.393 e. The minimum absolute atomic E-state index is 0.0273. The maximum Gasteiger partial charge on any atom is 0.333 e. The summed E-state index contributed by atoms with van der Waals surface area (Å²) >= 11 is 0. The molecule has 0 aliphatic rings. The van der Waals surface area contributed by atoms with Crippen LogP contribution in [0.25, 0.3) is 0 Å². The minimum atomic E-state index is -0.410. The van der Waals surface area contributed by atoms with Gasteiger partial charge < -0.3 is 10.4 Å². The van der Waals surface area contributed by atoms with E-state index >= 15 is 0 Å². The molecule has 0 fully saturated rings. The smallest absolute Gasteiger partial charge is 0.333 e. The standard InChI is InChI=1S/C12H22N4O3/c1-4-8-15-12(13-7-6-10(17)5-2)11(16(18)19)9(3)14-15/h10,13,17H,4-8H2,1-3H3. The van der Waals surface area contributed by atoms with Gasteiger partial charge in [-0.2, -0.15) is 5.10 Å². The van der Waals surface area contributed by atoms with Gasteiger partial charge in [-0.05, 0) is 26.2 Å². The van der Waals surface area contributed by atoms with Crippen molar-refractivity contribution in [3.8, 4) is 0 Å². The van der Waals surface area contributed by atoms with Crippen LogP contribution in [0.15, 0.2) is 0 Å². The first-order chi connectivity index (χ1) is 9.01. The first kappa shape index (κ1) is 15.4. The number of nitrogens with one attached hydrogen (secondary N) is 1. The number of nitrogens with zero attached hydrogens (tertiary/aromatic N) is 3. The molecule has 1 heterocycles. The molecule has 0 saturated carbocycles. The number of anilines is 1. The Morgan fingerprint density at radius 3 is 2.74 bits per heavy atom. The number of hydrogen-bond acceptors (Lipinski definition) is 5. The fourth-order valence-corrected chi connectivity index (χ4v) is 1.90. The third-order valence-corrected chi connectivity index (χ3v) is 2.96. The first-order valence-electron chi connectivity index (χ1n) is 6.64. The molecule has 2 N–H and O–H groups in total. The molecule has 7 nitrogen and oxygen atoms in total. The zero-order valence-electron chi connectivity index (χ0n) is 11.7. The van der Waals surface area contributed by atoms with Gasteiger partial charge in [0.05, 0.1) is 11.0 Å². The number of aliphatic hydroxyl groups excluding tert-OH is 1. The van der Waals surface area contributed by atoms with Crippen LogP contribution in [0.1, 0.15) is 38.8 Å². The van der Waals surface area contributed by atoms with E-state index in [1.807, 2.05) is 13.8 Å². The van der Waals surface area contributed by atoms with Crippen molar-refractivity contribution >= 4 is 11.5 Å². The van der Waals surface area contributed by atoms with Crippen LogP contribution in [-0.4, -0.2) is 32.5 Å². The van der Waals surface area contributed by atoms with Crippen LogP contribution in [0.4, 0.5) is 11.5 Å². The molecular weight excluding hydrogens is 248 g/mol. The highest BCUT2D eigenvalue weighted by atomic mass is 16.6. The van der Waals surface area contributed by atoms with Crippen molar-refractivity contribution in [2.45, 2.75) is 52.7 Å². The molecule has 0 aliphatic carbocycles. The van der Waals surface area contributed by atoms with Crippen LogP contribution in [0.5, 0.6) is 0 Å². The number of hydrogen-bond donors (Lipinski definition) is 2. The van der Waals surface area contributed by atoms with Crippen molar-refractivity contribution in [1.29, 1.82) is 0 Å². The summed E-state index contributed by atoms with van der Waals surface area (Å²) in [7, 11) is 0. The van der Waals surface area contributed by atoms with Crippen molar-refractivity contribution in [1.82, 2.24) is 9.78 Å². The molecule has 0 aliphatic heterocycles. The number of nitro groups is 1. The van der Waals surface area contributed by atoms with Crippen LogP contribution in [0.3, 0.4) is 0 Å². The van der Waals surface area contributed by atoms with E-state index in [4.69, 9.17) is 0 Å². The van der Waals surface area contributed by atoms with E-state index in [1.165, 1.54) is 0 Å². The highest BCUT2D eigenvalue weighted by Crippen LogP contribution is 2.28. The summed E-state index contributed by atoms with van der Waals surface area (Å²) in [6.45, 7) is 6.65. The van der Waals surface area contributed by atoms with Gasteiger partial charge in [-0.25, -0.2) is 4.68 Å². The molecule has 0 aromatic carbocycles. The fourth-order valence-electron chi connectivity index (χ4n) is 1.90. The first-order valence-corrected chi connectivity index (χ1v) is 6.64. The van der Waals surface area contributed by atoms with E-state index in [2.05, 4.69) is 10.4 Å². The summed E-state index contributed by atoms with van der Waals surface area (Å²) in [5.74, 6) is 0.438. The van der Waals surface area contributed by atoms with Gasteiger partial charge in [0, 0.05) is 13.1 Å². The normalized spacial score (nSPS) is 12.4. The Hall–Kier alpha value is -1.63. The molecule has 1 aromatic heterocycles. The molecule has 7 heteroatoms. The van der Waals surface area contributed by atoms with Crippen molar-refractivity contribution in [2.75, 3.05) is 11.9 Å². The lowest BCUT2D eigenvalue weighted by Gasteiger charge is -2.10. The maximum absolute atomic E-state index is 11.1. The van der Waals surface area contributed by atoms with E-state index in [0.717, 1.165) is 6.42 Å². The van der Waals surface area contributed by atoms with Gasteiger partial charge in [-0.3, -0.25) is 10.1 Å². The van der Waals surface area contributed by atoms with Crippen LogP contribution < -0.4 is 5.32 Å². The van der Waals surface area contributed by atoms with Crippen LogP contribution in [0.2, 0.25) is 0 Å². The maximum atomic E-state index is 11.1. The van der Waals surface area contributed by atoms with Crippen molar-refractivity contribution < 1.29 is 10.0 Å². The second-order valence-corrected chi connectivity index (χ2v) is 4.54. The Bertz CT molecular complexity index is 431. The summed E-state index contributed by atoms with van der Waals surface area (Å²) < 4.78 is 1.63. The van der Waals surface area contributed by atoms with E-state index < -0.39 is 4.92 Å². The summed E-state index contributed by atoms with van der Waals surface area (Å²) in [6, 6.07) is 0. The molecule has 1 unspecified atom stereocenters. The molecule has 0 spiro atoms. The topological polar surface area (TPSA) is 93.2 Å². The highest BCUT2D eigenvalue weighted by molar-refractivity contribution is 5.59.